The van der Waals surface area contributed by atoms with Gasteiger partial charge in [0.2, 0.25) is 11.8 Å². The third-order valence-corrected chi connectivity index (χ3v) is 11.1. The Morgan fingerprint density at radius 2 is 1.76 bits per heavy atom. The lowest BCUT2D eigenvalue weighted by Gasteiger charge is -2.36. The number of aliphatic hydroxyl groups excluding tert-OH is 2. The van der Waals surface area contributed by atoms with Crippen molar-refractivity contribution < 1.29 is 58.1 Å². The van der Waals surface area contributed by atoms with Crippen LogP contribution in [0.5, 0.6) is 5.75 Å². The minimum atomic E-state index is -1.46. The van der Waals surface area contributed by atoms with E-state index in [1.807, 2.05) is 0 Å². The number of esters is 1. The first-order valence-electron chi connectivity index (χ1n) is 21.3. The summed E-state index contributed by atoms with van der Waals surface area (Å²) in [6.45, 7) is 9.00. The Hall–Kier alpha value is -5.23. The summed E-state index contributed by atoms with van der Waals surface area (Å²) in [5, 5.41) is 40.6. The number of carbonyl (C=O) groups excluding carboxylic acids is 6. The van der Waals surface area contributed by atoms with Gasteiger partial charge in [-0.1, -0.05) is 57.2 Å². The van der Waals surface area contributed by atoms with Gasteiger partial charge in [0, 0.05) is 50.4 Å². The number of hydroxylamine groups is 2. The number of ketones is 1. The molecule has 340 valence electrons. The van der Waals surface area contributed by atoms with Gasteiger partial charge in [-0.05, 0) is 75.1 Å². The smallest absolute Gasteiger partial charge is 0.325 e. The quantitative estimate of drug-likeness (QED) is 0.120. The van der Waals surface area contributed by atoms with E-state index in [-0.39, 0.29) is 49.5 Å². The van der Waals surface area contributed by atoms with Crippen LogP contribution in [0.3, 0.4) is 0 Å². The molecule has 0 radical (unpaired) electrons. The van der Waals surface area contributed by atoms with Crippen LogP contribution in [0.1, 0.15) is 85.1 Å². The predicted octanol–water partition coefficient (Wildman–Crippen LogP) is 3.02. The van der Waals surface area contributed by atoms with Crippen LogP contribution >= 0.6 is 0 Å². The number of Topliss-reactive ketones (excluding diaryl/α,β-unsaturated/α-hetero) is 1. The molecule has 4 rings (SSSR count). The van der Waals surface area contributed by atoms with Crippen molar-refractivity contribution in [3.63, 3.8) is 0 Å². The van der Waals surface area contributed by atoms with Gasteiger partial charge in [-0.15, -0.1) is 0 Å². The summed E-state index contributed by atoms with van der Waals surface area (Å²) >= 11 is 0. The molecule has 0 saturated carbocycles. The number of hydrogen-bond acceptors (Lipinski definition) is 12. The van der Waals surface area contributed by atoms with Crippen molar-refractivity contribution in [1.29, 1.82) is 0 Å². The molecule has 6 N–H and O–H groups in total. The summed E-state index contributed by atoms with van der Waals surface area (Å²) in [6.07, 6.45) is 9.38. The molecule has 1 aromatic rings. The van der Waals surface area contributed by atoms with E-state index in [0.29, 0.717) is 31.6 Å². The van der Waals surface area contributed by atoms with E-state index in [1.165, 1.54) is 41.3 Å². The lowest BCUT2D eigenvalue weighted by molar-refractivity contribution is -0.191. The van der Waals surface area contributed by atoms with E-state index < -0.39 is 89.4 Å². The number of hydrogen-bond donors (Lipinski definition) is 6. The maximum atomic E-state index is 14.4. The van der Waals surface area contributed by atoms with Crippen LogP contribution in [0.2, 0.25) is 0 Å². The van der Waals surface area contributed by atoms with Crippen molar-refractivity contribution in [3.05, 3.63) is 77.7 Å². The van der Waals surface area contributed by atoms with Crippen LogP contribution in [0, 0.1) is 23.6 Å². The maximum absolute atomic E-state index is 14.4. The Labute approximate surface area is 362 Å². The molecular formula is C45H62FN5O11. The molecule has 16 nitrogen and oxygen atoms in total. The Morgan fingerprint density at radius 3 is 2.44 bits per heavy atom. The first-order chi connectivity index (χ1) is 29.4. The molecule has 2 saturated heterocycles. The predicted molar refractivity (Wildman–Crippen MR) is 225 cm³/mol. The number of nitrogens with zero attached hydrogens (tertiary/aromatic N) is 2. The Balaban J connectivity index is 1.71. The lowest BCUT2D eigenvalue weighted by Crippen LogP contribution is -2.62. The number of aromatic hydroxyl groups is 1. The molecule has 3 aliphatic heterocycles. The van der Waals surface area contributed by atoms with Crippen LogP contribution in [0.15, 0.2) is 66.3 Å². The van der Waals surface area contributed by atoms with E-state index in [2.05, 4.69) is 16.1 Å². The average Bonchev–Trinajstić information content (AvgIpc) is 3.23. The van der Waals surface area contributed by atoms with Crippen molar-refractivity contribution >= 4 is 35.4 Å². The van der Waals surface area contributed by atoms with Gasteiger partial charge < -0.3 is 35.5 Å². The third kappa shape index (κ3) is 14.7. The normalized spacial score (nSPS) is 29.0. The number of aliphatic hydroxyl groups is 2. The summed E-state index contributed by atoms with van der Waals surface area (Å²) < 4.78 is 20.5. The second-order valence-electron chi connectivity index (χ2n) is 16.5. The van der Waals surface area contributed by atoms with Crippen molar-refractivity contribution in [2.45, 2.75) is 122 Å². The zero-order chi connectivity index (χ0) is 45.5. The number of amides is 4. The molecular weight excluding hydrogens is 806 g/mol. The van der Waals surface area contributed by atoms with Crippen molar-refractivity contribution in [1.82, 2.24) is 26.1 Å². The second-order valence-corrected chi connectivity index (χ2v) is 16.5. The van der Waals surface area contributed by atoms with E-state index in [1.54, 1.807) is 52.0 Å². The summed E-state index contributed by atoms with van der Waals surface area (Å²) in [5.74, 6) is -7.33. The molecule has 0 aromatic heterocycles. The molecule has 0 spiro atoms. The maximum Gasteiger partial charge on any atom is 0.325 e. The van der Waals surface area contributed by atoms with Crippen molar-refractivity contribution in [3.8, 4) is 5.75 Å². The second kappa shape index (κ2) is 23.8. The highest BCUT2D eigenvalue weighted by Crippen LogP contribution is 2.24. The van der Waals surface area contributed by atoms with Crippen molar-refractivity contribution in [2.75, 3.05) is 19.7 Å². The fourth-order valence-corrected chi connectivity index (χ4v) is 7.36. The molecule has 0 aliphatic carbocycles. The summed E-state index contributed by atoms with van der Waals surface area (Å²) in [7, 11) is 0. The van der Waals surface area contributed by atoms with Crippen LogP contribution < -0.4 is 16.1 Å². The van der Waals surface area contributed by atoms with Gasteiger partial charge in [-0.3, -0.25) is 33.8 Å². The Kier molecular flexibility index (Phi) is 19.0. The van der Waals surface area contributed by atoms with Gasteiger partial charge in [0.1, 0.15) is 41.6 Å². The number of phenolic OH excluding ortho intramolecular Hbond substituents is 1. The standard InChI is InChI=1S/C45H62FN5O11/c1-27(2)40-43(58)47-36(25-31-23-32(46)26-33(53)24-31)44(59)50-20-12-14-35(49-50)45(60)62-38(28(3)13-11-17-39(55)51-21-9-10-22-61-51)16-8-6-7-15-37(54)30(5)41(56)34(42(57)48-40)19-18-29(4)52/h6-8,11,13,15,17,23-24,26-27,30,34-38,40-41,49,53-54,56H,9-10,12,14,16,18-22,25H2,1-5H3,(H,47,58)(H,48,57)/b8-6+,15-7+,17-11+,28-13+/t30-,34+,35-,36?,37-,38?,40-,41+/m0/s1. The lowest BCUT2D eigenvalue weighted by atomic mass is 9.84. The number of benzene rings is 1. The molecule has 62 heavy (non-hydrogen) atoms. The molecule has 3 heterocycles. The number of hydrazine groups is 1. The number of allylic oxidation sites excluding steroid dienone is 4. The molecule has 2 fully saturated rings. The van der Waals surface area contributed by atoms with E-state index in [0.717, 1.165) is 25.0 Å². The molecule has 2 bridgehead atoms. The van der Waals surface area contributed by atoms with Gasteiger partial charge in [-0.25, -0.2) is 14.9 Å². The number of phenols is 1. The van der Waals surface area contributed by atoms with Gasteiger partial charge in [0.25, 0.3) is 11.8 Å². The number of rotatable bonds is 9. The average molecular weight is 868 g/mol. The summed E-state index contributed by atoms with van der Waals surface area (Å²) in [5.41, 5.74) is 3.69. The number of ether oxygens (including phenoxy) is 1. The van der Waals surface area contributed by atoms with Gasteiger partial charge in [0.15, 0.2) is 0 Å². The molecule has 1 aromatic carbocycles. The van der Waals surface area contributed by atoms with Gasteiger partial charge in [-0.2, -0.15) is 0 Å². The third-order valence-electron chi connectivity index (χ3n) is 11.1. The van der Waals surface area contributed by atoms with E-state index in [9.17, 15) is 48.5 Å². The number of fused-ring (bicyclic) bond motifs is 2. The van der Waals surface area contributed by atoms with Crippen LogP contribution in [-0.4, -0.2) is 117 Å². The molecule has 4 amide bonds. The Bertz CT molecular complexity index is 1860. The van der Waals surface area contributed by atoms with E-state index in [4.69, 9.17) is 9.57 Å². The summed E-state index contributed by atoms with van der Waals surface area (Å²) in [6, 6.07) is -0.401. The van der Waals surface area contributed by atoms with E-state index >= 15 is 0 Å². The SMILES string of the molecule is CC(=O)CC[C@H]1C(=O)N[C@@H](C(C)C)C(=O)NC(Cc2cc(O)cc(F)c2)C(=O)N2CCC[C@H](N2)C(=O)OC(/C(C)=C/C=C/C(=O)N2CCCCO2)C/C=C/C=C/[C@H](O)[C@H](C)[C@H]1O. The van der Waals surface area contributed by atoms with Crippen LogP contribution in [-0.2, 0) is 44.8 Å². The monoisotopic (exact) mass is 867 g/mol. The number of cyclic esters (lactones) is 1. The highest BCUT2D eigenvalue weighted by atomic mass is 19.1. The first-order valence-corrected chi connectivity index (χ1v) is 21.3. The zero-order valence-electron chi connectivity index (χ0n) is 36.1. The van der Waals surface area contributed by atoms with Crippen molar-refractivity contribution in [2.24, 2.45) is 17.8 Å². The summed E-state index contributed by atoms with van der Waals surface area (Å²) in [4.78, 5) is 86.3. The highest BCUT2D eigenvalue weighted by molar-refractivity contribution is 5.93. The van der Waals surface area contributed by atoms with Crippen LogP contribution in [0.4, 0.5) is 4.39 Å². The first kappa shape index (κ1) is 49.4. The van der Waals surface area contributed by atoms with Gasteiger partial charge >= 0.3 is 5.97 Å². The topological polar surface area (TPSA) is 224 Å². The highest BCUT2D eigenvalue weighted by Gasteiger charge is 2.39. The number of halogens is 1. The number of nitrogens with one attached hydrogen (secondary N) is 3. The fourth-order valence-electron chi connectivity index (χ4n) is 7.36. The minimum absolute atomic E-state index is 0.0610. The Morgan fingerprint density at radius 1 is 1.00 bits per heavy atom. The molecule has 2 unspecified atom stereocenters. The molecule has 17 heteroatoms. The van der Waals surface area contributed by atoms with Crippen LogP contribution in [0.25, 0.3) is 0 Å². The minimum Gasteiger partial charge on any atom is -0.508 e. The number of carbonyl (C=O) groups is 6. The fraction of sp³-hybridized carbons (Fsp3) is 0.556. The van der Waals surface area contributed by atoms with Gasteiger partial charge in [0.05, 0.1) is 24.7 Å². The zero-order valence-corrected chi connectivity index (χ0v) is 36.1. The molecule has 3 aliphatic rings. The molecule has 8 atom stereocenters. The largest absolute Gasteiger partial charge is 0.508 e.